The Labute approximate surface area is 185 Å². The van der Waals surface area contributed by atoms with E-state index in [9.17, 15) is 14.4 Å². The zero-order chi connectivity index (χ0) is 22.2. The Morgan fingerprint density at radius 2 is 1.78 bits per heavy atom. The lowest BCUT2D eigenvalue weighted by Crippen LogP contribution is -2.31. The topological polar surface area (TPSA) is 113 Å². The normalized spacial score (nSPS) is 11.3. The molecule has 3 N–H and O–H groups in total. The molecule has 0 unspecified atom stereocenters. The van der Waals surface area contributed by atoms with Crippen LogP contribution in [0.4, 0.5) is 5.13 Å². The van der Waals surface area contributed by atoms with Gasteiger partial charge in [0.05, 0.1) is 23.0 Å². The smallest absolute Gasteiger partial charge is 0.273 e. The molecule has 0 saturated carbocycles. The SMILES string of the molecule is Cc1[nH]c2ccccc2c1-c1csc(NC(=O)CCn2[nH]c(=O)c3ccccc3c2=O)n1. The summed E-state index contributed by atoms with van der Waals surface area (Å²) in [5, 5.41) is 9.45. The molecule has 0 spiro atoms. The maximum Gasteiger partial charge on any atom is 0.273 e. The van der Waals surface area contributed by atoms with Crippen LogP contribution in [0.5, 0.6) is 0 Å². The predicted octanol–water partition coefficient (Wildman–Crippen LogP) is 3.63. The Hall–Kier alpha value is -3.98. The van der Waals surface area contributed by atoms with E-state index in [-0.39, 0.29) is 30.0 Å². The first-order valence-corrected chi connectivity index (χ1v) is 10.9. The lowest BCUT2D eigenvalue weighted by Gasteiger charge is -2.07. The van der Waals surface area contributed by atoms with Gasteiger partial charge >= 0.3 is 0 Å². The summed E-state index contributed by atoms with van der Waals surface area (Å²) < 4.78 is 1.17. The number of para-hydroxylation sites is 1. The third kappa shape index (κ3) is 3.52. The summed E-state index contributed by atoms with van der Waals surface area (Å²) in [4.78, 5) is 45.2. The van der Waals surface area contributed by atoms with Gasteiger partial charge < -0.3 is 10.3 Å². The number of H-pyrrole nitrogens is 2. The fourth-order valence-electron chi connectivity index (χ4n) is 3.85. The molecule has 2 aromatic carbocycles. The number of thiazole rings is 1. The van der Waals surface area contributed by atoms with E-state index in [4.69, 9.17) is 0 Å². The van der Waals surface area contributed by atoms with Crippen LogP contribution in [0.25, 0.3) is 32.9 Å². The Morgan fingerprint density at radius 3 is 2.59 bits per heavy atom. The second-order valence-electron chi connectivity index (χ2n) is 7.45. The van der Waals surface area contributed by atoms with E-state index in [1.807, 2.05) is 36.6 Å². The zero-order valence-electron chi connectivity index (χ0n) is 17.1. The molecule has 5 aromatic rings. The van der Waals surface area contributed by atoms with Crippen LogP contribution < -0.4 is 16.4 Å². The largest absolute Gasteiger partial charge is 0.358 e. The highest BCUT2D eigenvalue weighted by atomic mass is 32.1. The number of aromatic amines is 2. The zero-order valence-corrected chi connectivity index (χ0v) is 18.0. The molecule has 0 aliphatic carbocycles. The molecule has 0 fully saturated rings. The highest BCUT2D eigenvalue weighted by Gasteiger charge is 2.15. The molecular formula is C23H19N5O3S. The Bertz CT molecular complexity index is 1590. The maximum atomic E-state index is 12.6. The molecule has 3 heterocycles. The Kier molecular flexibility index (Phi) is 4.95. The van der Waals surface area contributed by atoms with Gasteiger partial charge in [0.25, 0.3) is 11.1 Å². The Morgan fingerprint density at radius 1 is 1.06 bits per heavy atom. The third-order valence-corrected chi connectivity index (χ3v) is 6.10. The van der Waals surface area contributed by atoms with E-state index < -0.39 is 0 Å². The van der Waals surface area contributed by atoms with Crippen LogP contribution in [-0.2, 0) is 11.3 Å². The van der Waals surface area contributed by atoms with Crippen LogP contribution in [-0.4, -0.2) is 25.7 Å². The molecule has 0 radical (unpaired) electrons. The van der Waals surface area contributed by atoms with Gasteiger partial charge in [-0.3, -0.25) is 19.5 Å². The average molecular weight is 446 g/mol. The number of hydrogen-bond donors (Lipinski definition) is 3. The van der Waals surface area contributed by atoms with Crippen LogP contribution in [0, 0.1) is 6.92 Å². The molecular weight excluding hydrogens is 426 g/mol. The van der Waals surface area contributed by atoms with E-state index in [1.54, 1.807) is 24.3 Å². The van der Waals surface area contributed by atoms with Crippen LogP contribution in [0.15, 0.2) is 63.5 Å². The molecule has 1 amide bonds. The quantitative estimate of drug-likeness (QED) is 0.383. The maximum absolute atomic E-state index is 12.6. The van der Waals surface area contributed by atoms with Crippen molar-refractivity contribution in [3.63, 3.8) is 0 Å². The first-order chi connectivity index (χ1) is 15.5. The second-order valence-corrected chi connectivity index (χ2v) is 8.31. The first-order valence-electron chi connectivity index (χ1n) is 10.1. The van der Waals surface area contributed by atoms with Gasteiger partial charge in [-0.2, -0.15) is 0 Å². The van der Waals surface area contributed by atoms with Crippen molar-refractivity contribution in [3.05, 3.63) is 80.3 Å². The number of nitrogens with one attached hydrogen (secondary N) is 3. The summed E-state index contributed by atoms with van der Waals surface area (Å²) in [6, 6.07) is 14.6. The molecule has 160 valence electrons. The minimum atomic E-state index is -0.362. The number of aromatic nitrogens is 4. The number of aryl methyl sites for hydroxylation is 2. The number of carbonyl (C=O) groups excluding carboxylic acids is 1. The third-order valence-electron chi connectivity index (χ3n) is 5.35. The number of benzene rings is 2. The molecule has 32 heavy (non-hydrogen) atoms. The molecule has 8 nitrogen and oxygen atoms in total. The molecule has 0 atom stereocenters. The number of anilines is 1. The van der Waals surface area contributed by atoms with Crippen molar-refractivity contribution < 1.29 is 4.79 Å². The van der Waals surface area contributed by atoms with Crippen LogP contribution in [0.1, 0.15) is 12.1 Å². The van der Waals surface area contributed by atoms with E-state index in [2.05, 4.69) is 20.4 Å². The van der Waals surface area contributed by atoms with Crippen LogP contribution in [0.2, 0.25) is 0 Å². The highest BCUT2D eigenvalue weighted by molar-refractivity contribution is 7.14. The predicted molar refractivity (Wildman–Crippen MR) is 126 cm³/mol. The standard InChI is InChI=1S/C23H19N5O3S/c1-13-20(16-8-4-5-9-17(16)24-13)18-12-32-23(25-18)26-19(29)10-11-28-22(31)15-7-3-2-6-14(15)21(30)27-28/h2-9,12,24H,10-11H2,1H3,(H,27,30)(H,25,26,29). The van der Waals surface area contributed by atoms with Gasteiger partial charge in [-0.05, 0) is 25.1 Å². The van der Waals surface area contributed by atoms with E-state index in [0.717, 1.165) is 27.9 Å². The molecule has 0 bridgehead atoms. The molecule has 5 rings (SSSR count). The summed E-state index contributed by atoms with van der Waals surface area (Å²) in [7, 11) is 0. The van der Waals surface area contributed by atoms with E-state index in [1.165, 1.54) is 16.0 Å². The summed E-state index contributed by atoms with van der Waals surface area (Å²) in [6.45, 7) is 2.06. The van der Waals surface area contributed by atoms with Crippen molar-refractivity contribution in [2.24, 2.45) is 0 Å². The van der Waals surface area contributed by atoms with Crippen LogP contribution in [0.3, 0.4) is 0 Å². The van der Waals surface area contributed by atoms with Gasteiger partial charge in [0.1, 0.15) is 0 Å². The van der Waals surface area contributed by atoms with Gasteiger partial charge in [-0.15, -0.1) is 11.3 Å². The van der Waals surface area contributed by atoms with Gasteiger partial charge in [0.15, 0.2) is 5.13 Å². The Balaban J connectivity index is 1.32. The van der Waals surface area contributed by atoms with Crippen LogP contribution >= 0.6 is 11.3 Å². The van der Waals surface area contributed by atoms with Gasteiger partial charge in [-0.1, -0.05) is 30.3 Å². The van der Waals surface area contributed by atoms with E-state index in [0.29, 0.717) is 15.9 Å². The van der Waals surface area contributed by atoms with E-state index >= 15 is 0 Å². The summed E-state index contributed by atoms with van der Waals surface area (Å²) in [5.74, 6) is -0.289. The highest BCUT2D eigenvalue weighted by Crippen LogP contribution is 2.33. The fraction of sp³-hybridized carbons (Fsp3) is 0.130. The number of nitrogens with zero attached hydrogens (tertiary/aromatic N) is 2. The molecule has 3 aromatic heterocycles. The first kappa shape index (κ1) is 20.0. The molecule has 0 aliphatic heterocycles. The fourth-order valence-corrected chi connectivity index (χ4v) is 4.57. The van der Waals surface area contributed by atoms with Gasteiger partial charge in [0, 0.05) is 34.0 Å². The number of hydrogen-bond acceptors (Lipinski definition) is 5. The van der Waals surface area contributed by atoms with Crippen molar-refractivity contribution in [3.8, 4) is 11.3 Å². The number of carbonyl (C=O) groups is 1. The van der Waals surface area contributed by atoms with Crippen molar-refractivity contribution in [2.75, 3.05) is 5.32 Å². The van der Waals surface area contributed by atoms with Crippen molar-refractivity contribution in [1.82, 2.24) is 19.7 Å². The second kappa shape index (κ2) is 7.93. The molecule has 0 aliphatic rings. The molecule has 9 heteroatoms. The number of amides is 1. The van der Waals surface area contributed by atoms with Crippen molar-refractivity contribution in [1.29, 1.82) is 0 Å². The summed E-state index contributed by atoms with van der Waals surface area (Å²) >= 11 is 1.34. The number of rotatable bonds is 5. The molecule has 0 saturated heterocycles. The lowest BCUT2D eigenvalue weighted by atomic mass is 10.1. The summed E-state index contributed by atoms with van der Waals surface area (Å²) in [6.07, 6.45) is 0.0230. The van der Waals surface area contributed by atoms with Crippen molar-refractivity contribution in [2.45, 2.75) is 19.9 Å². The minimum absolute atomic E-state index is 0.0230. The van der Waals surface area contributed by atoms with Crippen molar-refractivity contribution >= 4 is 44.1 Å². The summed E-state index contributed by atoms with van der Waals surface area (Å²) in [5.41, 5.74) is 3.15. The minimum Gasteiger partial charge on any atom is -0.358 e. The lowest BCUT2D eigenvalue weighted by molar-refractivity contribution is -0.116. The van der Waals surface area contributed by atoms with Gasteiger partial charge in [0.2, 0.25) is 5.91 Å². The monoisotopic (exact) mass is 445 g/mol. The number of fused-ring (bicyclic) bond motifs is 2. The average Bonchev–Trinajstić information content (AvgIpc) is 3.38. The van der Waals surface area contributed by atoms with Gasteiger partial charge in [-0.25, -0.2) is 9.67 Å².